The van der Waals surface area contributed by atoms with Crippen LogP contribution < -0.4 is 5.32 Å². The van der Waals surface area contributed by atoms with Gasteiger partial charge in [-0.25, -0.2) is 4.98 Å². The average Bonchev–Trinajstić information content (AvgIpc) is 3.35. The quantitative estimate of drug-likeness (QED) is 0.595. The number of pyridine rings is 1. The van der Waals surface area contributed by atoms with Crippen molar-refractivity contribution in [2.45, 2.75) is 26.8 Å². The fraction of sp³-hybridized carbons (Fsp3) is 0.263. The fourth-order valence-electron chi connectivity index (χ4n) is 3.22. The SMILES string of the molecule is Cc1nn(C)cc1[C@H](C)NC(=O)c1cc(-c2ccco2)nc2onc(C)c12. The molecule has 0 aliphatic rings. The summed E-state index contributed by atoms with van der Waals surface area (Å²) in [6.45, 7) is 5.63. The predicted octanol–water partition coefficient (Wildman–Crippen LogP) is 3.32. The van der Waals surface area contributed by atoms with Crippen LogP contribution in [0, 0.1) is 13.8 Å². The smallest absolute Gasteiger partial charge is 0.259 e. The minimum absolute atomic E-state index is 0.207. The highest BCUT2D eigenvalue weighted by molar-refractivity contribution is 6.07. The lowest BCUT2D eigenvalue weighted by Crippen LogP contribution is -2.27. The second kappa shape index (κ2) is 6.39. The highest BCUT2D eigenvalue weighted by Gasteiger charge is 2.22. The Kier molecular flexibility index (Phi) is 4.02. The number of aryl methyl sites for hydroxylation is 3. The van der Waals surface area contributed by atoms with Gasteiger partial charge < -0.3 is 14.3 Å². The minimum Gasteiger partial charge on any atom is -0.463 e. The molecule has 4 aromatic rings. The maximum atomic E-state index is 13.1. The van der Waals surface area contributed by atoms with Gasteiger partial charge in [-0.15, -0.1) is 0 Å². The summed E-state index contributed by atoms with van der Waals surface area (Å²) in [5.74, 6) is 0.313. The van der Waals surface area contributed by atoms with Gasteiger partial charge in [-0.05, 0) is 39.0 Å². The molecule has 0 aliphatic carbocycles. The highest BCUT2D eigenvalue weighted by atomic mass is 16.5. The molecule has 0 fully saturated rings. The number of furan rings is 1. The molecule has 138 valence electrons. The van der Waals surface area contributed by atoms with E-state index in [2.05, 4.69) is 20.6 Å². The maximum Gasteiger partial charge on any atom is 0.259 e. The van der Waals surface area contributed by atoms with Crippen LogP contribution in [-0.4, -0.2) is 25.8 Å². The van der Waals surface area contributed by atoms with Gasteiger partial charge in [0.2, 0.25) is 0 Å². The Morgan fingerprint density at radius 1 is 1.30 bits per heavy atom. The second-order valence-corrected chi connectivity index (χ2v) is 6.52. The molecule has 8 nitrogen and oxygen atoms in total. The zero-order chi connectivity index (χ0) is 19.1. The first-order valence-electron chi connectivity index (χ1n) is 8.56. The number of nitrogens with one attached hydrogen (secondary N) is 1. The third-order valence-corrected chi connectivity index (χ3v) is 4.50. The van der Waals surface area contributed by atoms with Crippen LogP contribution in [0.3, 0.4) is 0 Å². The van der Waals surface area contributed by atoms with Crippen LogP contribution in [0.2, 0.25) is 0 Å². The van der Waals surface area contributed by atoms with Crippen LogP contribution in [0.1, 0.15) is 40.3 Å². The Bertz CT molecular complexity index is 1120. The molecule has 4 rings (SSSR count). The minimum atomic E-state index is -0.239. The summed E-state index contributed by atoms with van der Waals surface area (Å²) in [4.78, 5) is 17.5. The zero-order valence-corrected chi connectivity index (χ0v) is 15.5. The number of fused-ring (bicyclic) bond motifs is 1. The molecule has 0 unspecified atom stereocenters. The van der Waals surface area contributed by atoms with Crippen molar-refractivity contribution < 1.29 is 13.7 Å². The molecule has 0 bridgehead atoms. The molecule has 1 amide bonds. The molecule has 0 saturated carbocycles. The van der Waals surface area contributed by atoms with E-state index >= 15 is 0 Å². The van der Waals surface area contributed by atoms with Crippen molar-refractivity contribution in [3.63, 3.8) is 0 Å². The molecule has 0 saturated heterocycles. The number of hydrogen-bond donors (Lipinski definition) is 1. The van der Waals surface area contributed by atoms with Crippen LogP contribution in [0.15, 0.2) is 39.6 Å². The Morgan fingerprint density at radius 3 is 2.78 bits per heavy atom. The van der Waals surface area contributed by atoms with Crippen molar-refractivity contribution in [3.8, 4) is 11.5 Å². The van der Waals surface area contributed by atoms with Crippen molar-refractivity contribution >= 4 is 17.0 Å². The van der Waals surface area contributed by atoms with Crippen molar-refractivity contribution in [3.05, 3.63) is 53.2 Å². The lowest BCUT2D eigenvalue weighted by Gasteiger charge is -2.14. The van der Waals surface area contributed by atoms with Crippen LogP contribution >= 0.6 is 0 Å². The second-order valence-electron chi connectivity index (χ2n) is 6.52. The number of hydrogen-bond acceptors (Lipinski definition) is 6. The number of carbonyl (C=O) groups excluding carboxylic acids is 1. The van der Waals surface area contributed by atoms with Crippen molar-refractivity contribution in [2.24, 2.45) is 7.05 Å². The summed E-state index contributed by atoms with van der Waals surface area (Å²) >= 11 is 0. The number of aromatic nitrogens is 4. The van der Waals surface area contributed by atoms with E-state index in [4.69, 9.17) is 8.94 Å². The number of nitrogens with zero attached hydrogens (tertiary/aromatic N) is 4. The molecule has 0 spiro atoms. The molecule has 0 aromatic carbocycles. The van der Waals surface area contributed by atoms with E-state index in [9.17, 15) is 4.79 Å². The third-order valence-electron chi connectivity index (χ3n) is 4.50. The zero-order valence-electron chi connectivity index (χ0n) is 15.5. The standard InChI is InChI=1S/C19H19N5O3/c1-10(14-9-24(4)22-11(14)2)20-18(25)13-8-15(16-6-5-7-26-16)21-19-17(13)12(3)23-27-19/h5-10H,1-4H3,(H,20,25)/t10-/m0/s1. The first-order valence-corrected chi connectivity index (χ1v) is 8.56. The Balaban J connectivity index is 1.74. The predicted molar refractivity (Wildman–Crippen MR) is 98.1 cm³/mol. The van der Waals surface area contributed by atoms with Crippen molar-refractivity contribution in [1.82, 2.24) is 25.2 Å². The summed E-state index contributed by atoms with van der Waals surface area (Å²) in [7, 11) is 1.85. The average molecular weight is 365 g/mol. The molecule has 0 aliphatic heterocycles. The van der Waals surface area contributed by atoms with Crippen molar-refractivity contribution in [2.75, 3.05) is 0 Å². The van der Waals surface area contributed by atoms with Crippen LogP contribution in [0.5, 0.6) is 0 Å². The van der Waals surface area contributed by atoms with Crippen LogP contribution in [0.4, 0.5) is 0 Å². The largest absolute Gasteiger partial charge is 0.463 e. The molecule has 27 heavy (non-hydrogen) atoms. The summed E-state index contributed by atoms with van der Waals surface area (Å²) in [6, 6.07) is 5.03. The van der Waals surface area contributed by atoms with Gasteiger partial charge in [-0.2, -0.15) is 5.10 Å². The van der Waals surface area contributed by atoms with Crippen LogP contribution in [0.25, 0.3) is 22.6 Å². The van der Waals surface area contributed by atoms with E-state index in [1.807, 2.05) is 27.1 Å². The van der Waals surface area contributed by atoms with Gasteiger partial charge >= 0.3 is 0 Å². The highest BCUT2D eigenvalue weighted by Crippen LogP contribution is 2.28. The summed E-state index contributed by atoms with van der Waals surface area (Å²) < 4.78 is 12.4. The molecular weight excluding hydrogens is 346 g/mol. The molecular formula is C19H19N5O3. The van der Waals surface area contributed by atoms with Gasteiger partial charge in [0, 0.05) is 18.8 Å². The summed E-state index contributed by atoms with van der Waals surface area (Å²) in [5.41, 5.74) is 3.71. The van der Waals surface area contributed by atoms with Crippen molar-refractivity contribution in [1.29, 1.82) is 0 Å². The first-order chi connectivity index (χ1) is 12.9. The number of carbonyl (C=O) groups is 1. The molecule has 4 aromatic heterocycles. The van der Waals surface area contributed by atoms with Gasteiger partial charge in [-0.3, -0.25) is 9.48 Å². The first kappa shape index (κ1) is 17.0. The van der Waals surface area contributed by atoms with E-state index in [1.54, 1.807) is 36.1 Å². The number of rotatable bonds is 4. The summed E-state index contributed by atoms with van der Waals surface area (Å²) in [6.07, 6.45) is 3.46. The van der Waals surface area contributed by atoms with E-state index in [1.165, 1.54) is 0 Å². The van der Waals surface area contributed by atoms with Gasteiger partial charge in [0.25, 0.3) is 11.6 Å². The van der Waals surface area contributed by atoms with E-state index in [0.29, 0.717) is 33.8 Å². The number of amides is 1. The third kappa shape index (κ3) is 2.99. The fourth-order valence-corrected chi connectivity index (χ4v) is 3.22. The van der Waals surface area contributed by atoms with Gasteiger partial charge in [0.05, 0.1) is 34.6 Å². The molecule has 8 heteroatoms. The lowest BCUT2D eigenvalue weighted by molar-refractivity contribution is 0.0941. The monoisotopic (exact) mass is 365 g/mol. The molecule has 0 radical (unpaired) electrons. The van der Waals surface area contributed by atoms with Crippen LogP contribution in [-0.2, 0) is 7.05 Å². The Morgan fingerprint density at radius 2 is 2.11 bits per heavy atom. The summed E-state index contributed by atoms with van der Waals surface area (Å²) in [5, 5.41) is 11.9. The van der Waals surface area contributed by atoms with E-state index in [0.717, 1.165) is 11.3 Å². The van der Waals surface area contributed by atoms with E-state index < -0.39 is 0 Å². The van der Waals surface area contributed by atoms with Gasteiger partial charge in [0.15, 0.2) is 5.76 Å². The topological polar surface area (TPSA) is 99.0 Å². The maximum absolute atomic E-state index is 13.1. The van der Waals surface area contributed by atoms with E-state index in [-0.39, 0.29) is 11.9 Å². The molecule has 4 heterocycles. The Hall–Kier alpha value is -3.42. The normalized spacial score (nSPS) is 12.4. The molecule has 1 N–H and O–H groups in total. The lowest BCUT2D eigenvalue weighted by atomic mass is 10.1. The van der Waals surface area contributed by atoms with Gasteiger partial charge in [0.1, 0.15) is 5.69 Å². The van der Waals surface area contributed by atoms with Gasteiger partial charge in [-0.1, -0.05) is 5.16 Å². The molecule has 1 atom stereocenters. The Labute approximate surface area is 155 Å².